The van der Waals surface area contributed by atoms with Gasteiger partial charge in [0.05, 0.1) is 16.4 Å². The summed E-state index contributed by atoms with van der Waals surface area (Å²) < 4.78 is 0. The van der Waals surface area contributed by atoms with Crippen LogP contribution in [0.3, 0.4) is 0 Å². The summed E-state index contributed by atoms with van der Waals surface area (Å²) in [6.07, 6.45) is 1.55. The Bertz CT molecular complexity index is 722. The monoisotopic (exact) mass is 310 g/mol. The molecule has 0 unspecified atom stereocenters. The van der Waals surface area contributed by atoms with Crippen LogP contribution in [0.5, 0.6) is 0 Å². The van der Waals surface area contributed by atoms with E-state index in [1.807, 2.05) is 37.3 Å². The third-order valence-electron chi connectivity index (χ3n) is 4.46. The van der Waals surface area contributed by atoms with Gasteiger partial charge in [-0.05, 0) is 30.9 Å². The minimum absolute atomic E-state index is 0.0114. The Hall–Kier alpha value is -2.69. The van der Waals surface area contributed by atoms with Crippen molar-refractivity contribution < 1.29 is 9.72 Å². The van der Waals surface area contributed by atoms with E-state index in [0.717, 1.165) is 24.0 Å². The number of carbonyl (C=O) groups excluding carboxylic acids is 1. The topological polar surface area (TPSA) is 72.2 Å². The van der Waals surface area contributed by atoms with Crippen LogP contribution < -0.4 is 5.32 Å². The molecule has 0 aliphatic heterocycles. The third-order valence-corrected chi connectivity index (χ3v) is 4.46. The van der Waals surface area contributed by atoms with E-state index in [-0.39, 0.29) is 17.6 Å². The second-order valence-corrected chi connectivity index (χ2v) is 5.99. The van der Waals surface area contributed by atoms with Crippen molar-refractivity contribution >= 4 is 11.6 Å². The van der Waals surface area contributed by atoms with Crippen LogP contribution in [0.4, 0.5) is 5.69 Å². The molecule has 1 aliphatic carbocycles. The maximum Gasteiger partial charge on any atom is 0.269 e. The number of carbonyl (C=O) groups is 1. The highest BCUT2D eigenvalue weighted by atomic mass is 16.6. The molecule has 5 heteroatoms. The van der Waals surface area contributed by atoms with Crippen LogP contribution in [-0.4, -0.2) is 10.8 Å². The van der Waals surface area contributed by atoms with E-state index in [1.165, 1.54) is 12.1 Å². The van der Waals surface area contributed by atoms with Crippen molar-refractivity contribution in [2.75, 3.05) is 0 Å². The summed E-state index contributed by atoms with van der Waals surface area (Å²) in [5.74, 6) is -0.0114. The zero-order valence-corrected chi connectivity index (χ0v) is 12.9. The van der Waals surface area contributed by atoms with Crippen LogP contribution in [0.1, 0.15) is 36.9 Å². The molecule has 0 radical (unpaired) electrons. The van der Waals surface area contributed by atoms with E-state index in [2.05, 4.69) is 5.32 Å². The van der Waals surface area contributed by atoms with Gasteiger partial charge in [0.15, 0.2) is 0 Å². The average Bonchev–Trinajstić information content (AvgIpc) is 3.37. The van der Waals surface area contributed by atoms with E-state index in [1.54, 1.807) is 12.1 Å². The summed E-state index contributed by atoms with van der Waals surface area (Å²) in [7, 11) is 0. The SMILES string of the molecule is C[C@H](NC(=O)C1(c2ccc([N+](=O)[O-])cc2)CC1)c1ccccc1. The van der Waals surface area contributed by atoms with Crippen molar-refractivity contribution in [3.8, 4) is 0 Å². The Morgan fingerprint density at radius 2 is 1.74 bits per heavy atom. The van der Waals surface area contributed by atoms with Gasteiger partial charge in [0.1, 0.15) is 0 Å². The molecule has 0 spiro atoms. The summed E-state index contributed by atoms with van der Waals surface area (Å²) in [4.78, 5) is 23.0. The van der Waals surface area contributed by atoms with E-state index in [4.69, 9.17) is 0 Å². The molecule has 1 N–H and O–H groups in total. The molecule has 1 fully saturated rings. The van der Waals surface area contributed by atoms with Crippen molar-refractivity contribution in [2.24, 2.45) is 0 Å². The first-order chi connectivity index (χ1) is 11.0. The van der Waals surface area contributed by atoms with Crippen LogP contribution in [0.25, 0.3) is 0 Å². The van der Waals surface area contributed by atoms with E-state index < -0.39 is 10.3 Å². The number of nitrogens with zero attached hydrogens (tertiary/aromatic N) is 1. The Morgan fingerprint density at radius 3 is 2.26 bits per heavy atom. The second kappa shape index (κ2) is 5.83. The molecule has 1 amide bonds. The Balaban J connectivity index is 1.75. The van der Waals surface area contributed by atoms with Gasteiger partial charge in [0.2, 0.25) is 5.91 Å². The largest absolute Gasteiger partial charge is 0.349 e. The molecule has 118 valence electrons. The zero-order valence-electron chi connectivity index (χ0n) is 12.9. The van der Waals surface area contributed by atoms with Gasteiger partial charge < -0.3 is 5.32 Å². The Kier molecular flexibility index (Phi) is 3.86. The molecule has 0 saturated heterocycles. The van der Waals surface area contributed by atoms with Crippen LogP contribution in [-0.2, 0) is 10.2 Å². The maximum absolute atomic E-state index is 12.7. The quantitative estimate of drug-likeness (QED) is 0.678. The minimum atomic E-state index is -0.530. The van der Waals surface area contributed by atoms with Crippen LogP contribution in [0.2, 0.25) is 0 Å². The first-order valence-electron chi connectivity index (χ1n) is 7.64. The third kappa shape index (κ3) is 2.95. The summed E-state index contributed by atoms with van der Waals surface area (Å²) in [5, 5.41) is 13.8. The minimum Gasteiger partial charge on any atom is -0.349 e. The van der Waals surface area contributed by atoms with Gasteiger partial charge >= 0.3 is 0 Å². The average molecular weight is 310 g/mol. The summed E-state index contributed by atoms with van der Waals surface area (Å²) in [5.41, 5.74) is 1.42. The van der Waals surface area contributed by atoms with E-state index in [9.17, 15) is 14.9 Å². The lowest BCUT2D eigenvalue weighted by atomic mass is 9.94. The molecule has 3 rings (SSSR count). The number of amides is 1. The second-order valence-electron chi connectivity index (χ2n) is 5.99. The molecule has 1 saturated carbocycles. The standard InChI is InChI=1S/C18H18N2O3/c1-13(14-5-3-2-4-6-14)19-17(21)18(11-12-18)15-7-9-16(10-8-15)20(22)23/h2-10,13H,11-12H2,1H3,(H,19,21)/t13-/m0/s1. The van der Waals surface area contributed by atoms with Crippen LogP contribution in [0, 0.1) is 10.1 Å². The molecular weight excluding hydrogens is 292 g/mol. The molecule has 0 bridgehead atoms. The highest BCUT2D eigenvalue weighted by molar-refractivity contribution is 5.91. The molecule has 0 aromatic heterocycles. The van der Waals surface area contributed by atoms with Crippen LogP contribution >= 0.6 is 0 Å². The maximum atomic E-state index is 12.7. The molecule has 1 atom stereocenters. The molecule has 5 nitrogen and oxygen atoms in total. The van der Waals surface area contributed by atoms with Crippen molar-refractivity contribution in [3.63, 3.8) is 0 Å². The predicted octanol–water partition coefficient (Wildman–Crippen LogP) is 3.50. The highest BCUT2D eigenvalue weighted by Gasteiger charge is 2.51. The van der Waals surface area contributed by atoms with Crippen LogP contribution in [0.15, 0.2) is 54.6 Å². The Morgan fingerprint density at radius 1 is 1.13 bits per heavy atom. The van der Waals surface area contributed by atoms with E-state index >= 15 is 0 Å². The van der Waals surface area contributed by atoms with Crippen molar-refractivity contribution in [2.45, 2.75) is 31.2 Å². The number of hydrogen-bond acceptors (Lipinski definition) is 3. The van der Waals surface area contributed by atoms with E-state index in [0.29, 0.717) is 0 Å². The molecule has 2 aromatic carbocycles. The van der Waals surface area contributed by atoms with Gasteiger partial charge in [-0.2, -0.15) is 0 Å². The molecule has 0 heterocycles. The van der Waals surface area contributed by atoms with Gasteiger partial charge in [-0.25, -0.2) is 0 Å². The number of non-ortho nitro benzene ring substituents is 1. The molecule has 23 heavy (non-hydrogen) atoms. The zero-order chi connectivity index (χ0) is 16.4. The van der Waals surface area contributed by atoms with Gasteiger partial charge in [-0.15, -0.1) is 0 Å². The normalized spacial score (nSPS) is 16.4. The first-order valence-corrected chi connectivity index (χ1v) is 7.64. The van der Waals surface area contributed by atoms with Gasteiger partial charge in [-0.1, -0.05) is 42.5 Å². The number of nitrogens with one attached hydrogen (secondary N) is 1. The number of nitro benzene ring substituents is 1. The van der Waals surface area contributed by atoms with Gasteiger partial charge in [-0.3, -0.25) is 14.9 Å². The lowest BCUT2D eigenvalue weighted by Gasteiger charge is -2.20. The summed E-state index contributed by atoms with van der Waals surface area (Å²) in [6, 6.07) is 16.0. The van der Waals surface area contributed by atoms with Crippen molar-refractivity contribution in [1.29, 1.82) is 0 Å². The molecular formula is C18H18N2O3. The predicted molar refractivity (Wildman–Crippen MR) is 87.0 cm³/mol. The molecule has 2 aromatic rings. The first kappa shape index (κ1) is 15.2. The summed E-state index contributed by atoms with van der Waals surface area (Å²) in [6.45, 7) is 1.96. The fraction of sp³-hybridized carbons (Fsp3) is 0.278. The lowest BCUT2D eigenvalue weighted by molar-refractivity contribution is -0.384. The van der Waals surface area contributed by atoms with Crippen molar-refractivity contribution in [3.05, 3.63) is 75.8 Å². The number of nitro groups is 1. The van der Waals surface area contributed by atoms with Gasteiger partial charge in [0, 0.05) is 12.1 Å². The number of rotatable bonds is 5. The number of hydrogen-bond donors (Lipinski definition) is 1. The highest BCUT2D eigenvalue weighted by Crippen LogP contribution is 2.49. The fourth-order valence-electron chi connectivity index (χ4n) is 2.83. The van der Waals surface area contributed by atoms with Crippen molar-refractivity contribution in [1.82, 2.24) is 5.32 Å². The fourth-order valence-corrected chi connectivity index (χ4v) is 2.83. The molecule has 1 aliphatic rings. The van der Waals surface area contributed by atoms with Gasteiger partial charge in [0.25, 0.3) is 5.69 Å². The smallest absolute Gasteiger partial charge is 0.269 e. The Labute approximate surface area is 134 Å². The number of benzene rings is 2. The summed E-state index contributed by atoms with van der Waals surface area (Å²) >= 11 is 0. The lowest BCUT2D eigenvalue weighted by Crippen LogP contribution is -2.36.